The molecule has 1 aromatic carbocycles. The molecule has 4 nitrogen and oxygen atoms in total. The standard InChI is InChI=1S/C18H19FN2O2/c19-14-3-1-4-15(9-14)21-13-18(10-17(21)22)6-7-20(12-18)11-16-5-2-8-23-16/h1-5,8-9H,6-7,10-13H2/t18-/m1/s1. The summed E-state index contributed by atoms with van der Waals surface area (Å²) >= 11 is 0. The van der Waals surface area contributed by atoms with Gasteiger partial charge in [-0.15, -0.1) is 0 Å². The number of carbonyl (C=O) groups is 1. The molecule has 4 rings (SSSR count). The first-order chi connectivity index (χ1) is 11.1. The molecule has 1 amide bonds. The van der Waals surface area contributed by atoms with E-state index in [-0.39, 0.29) is 17.1 Å². The molecule has 0 saturated carbocycles. The molecule has 5 heteroatoms. The summed E-state index contributed by atoms with van der Waals surface area (Å²) in [5, 5.41) is 0. The van der Waals surface area contributed by atoms with Crippen LogP contribution in [-0.2, 0) is 11.3 Å². The van der Waals surface area contributed by atoms with Crippen LogP contribution in [0.3, 0.4) is 0 Å². The zero-order valence-electron chi connectivity index (χ0n) is 12.9. The average molecular weight is 314 g/mol. The quantitative estimate of drug-likeness (QED) is 0.874. The van der Waals surface area contributed by atoms with E-state index in [9.17, 15) is 9.18 Å². The van der Waals surface area contributed by atoms with Crippen molar-refractivity contribution in [2.75, 3.05) is 24.5 Å². The largest absolute Gasteiger partial charge is 0.468 e. The van der Waals surface area contributed by atoms with E-state index >= 15 is 0 Å². The first-order valence-electron chi connectivity index (χ1n) is 7.94. The fourth-order valence-corrected chi connectivity index (χ4v) is 3.83. The van der Waals surface area contributed by atoms with Gasteiger partial charge in [0.1, 0.15) is 11.6 Å². The smallest absolute Gasteiger partial charge is 0.227 e. The fourth-order valence-electron chi connectivity index (χ4n) is 3.83. The first-order valence-corrected chi connectivity index (χ1v) is 7.94. The van der Waals surface area contributed by atoms with E-state index in [2.05, 4.69) is 4.90 Å². The van der Waals surface area contributed by atoms with Crippen LogP contribution in [0.4, 0.5) is 10.1 Å². The minimum atomic E-state index is -0.304. The fraction of sp³-hybridized carbons (Fsp3) is 0.389. The van der Waals surface area contributed by atoms with Crippen molar-refractivity contribution in [3.63, 3.8) is 0 Å². The highest BCUT2D eigenvalue weighted by molar-refractivity contribution is 5.96. The van der Waals surface area contributed by atoms with Gasteiger partial charge in [0.25, 0.3) is 0 Å². The number of rotatable bonds is 3. The van der Waals surface area contributed by atoms with Gasteiger partial charge in [-0.1, -0.05) is 6.07 Å². The lowest BCUT2D eigenvalue weighted by Gasteiger charge is -2.24. The lowest BCUT2D eigenvalue weighted by Crippen LogP contribution is -2.31. The first kappa shape index (κ1) is 14.5. The summed E-state index contributed by atoms with van der Waals surface area (Å²) in [5.74, 6) is 0.742. The molecule has 0 N–H and O–H groups in total. The van der Waals surface area contributed by atoms with Crippen LogP contribution in [0, 0.1) is 11.2 Å². The van der Waals surface area contributed by atoms with Gasteiger partial charge in [0.05, 0.1) is 12.8 Å². The Bertz CT molecular complexity index is 716. The van der Waals surface area contributed by atoms with E-state index in [0.717, 1.165) is 31.8 Å². The Hall–Kier alpha value is -2.14. The summed E-state index contributed by atoms with van der Waals surface area (Å²) in [6.45, 7) is 3.29. The predicted octanol–water partition coefficient (Wildman–Crippen LogP) is 3.05. The summed E-state index contributed by atoms with van der Waals surface area (Å²) in [6.07, 6.45) is 3.22. The molecule has 2 fully saturated rings. The van der Waals surface area contributed by atoms with Gasteiger partial charge < -0.3 is 9.32 Å². The summed E-state index contributed by atoms with van der Waals surface area (Å²) in [4.78, 5) is 16.5. The van der Waals surface area contributed by atoms with Crippen molar-refractivity contribution in [2.45, 2.75) is 19.4 Å². The minimum absolute atomic E-state index is 0.0179. The Balaban J connectivity index is 1.48. The number of anilines is 1. The second kappa shape index (κ2) is 5.49. The minimum Gasteiger partial charge on any atom is -0.468 e. The molecule has 2 aromatic rings. The molecule has 0 aliphatic carbocycles. The van der Waals surface area contributed by atoms with Crippen LogP contribution in [0.2, 0.25) is 0 Å². The van der Waals surface area contributed by atoms with Crippen LogP contribution in [0.15, 0.2) is 47.1 Å². The van der Waals surface area contributed by atoms with E-state index < -0.39 is 0 Å². The lowest BCUT2D eigenvalue weighted by molar-refractivity contribution is -0.117. The van der Waals surface area contributed by atoms with Crippen molar-refractivity contribution in [2.24, 2.45) is 5.41 Å². The van der Waals surface area contributed by atoms with E-state index in [4.69, 9.17) is 4.42 Å². The van der Waals surface area contributed by atoms with E-state index in [0.29, 0.717) is 18.7 Å². The third-order valence-corrected chi connectivity index (χ3v) is 4.92. The molecule has 0 bridgehead atoms. The molecule has 120 valence electrons. The van der Waals surface area contributed by atoms with Gasteiger partial charge in [-0.25, -0.2) is 4.39 Å². The van der Waals surface area contributed by atoms with E-state index in [1.165, 1.54) is 12.1 Å². The summed E-state index contributed by atoms with van der Waals surface area (Å²) in [7, 11) is 0. The van der Waals surface area contributed by atoms with Crippen molar-refractivity contribution in [3.8, 4) is 0 Å². The zero-order valence-corrected chi connectivity index (χ0v) is 12.9. The maximum Gasteiger partial charge on any atom is 0.227 e. The number of furan rings is 1. The molecule has 3 heterocycles. The lowest BCUT2D eigenvalue weighted by atomic mass is 9.86. The van der Waals surface area contributed by atoms with Gasteiger partial charge in [-0.3, -0.25) is 9.69 Å². The maximum atomic E-state index is 13.4. The van der Waals surface area contributed by atoms with Gasteiger partial charge in [0, 0.05) is 30.6 Å². The molecule has 1 atom stereocenters. The van der Waals surface area contributed by atoms with Crippen molar-refractivity contribution < 1.29 is 13.6 Å². The van der Waals surface area contributed by atoms with Crippen LogP contribution >= 0.6 is 0 Å². The summed E-state index contributed by atoms with van der Waals surface area (Å²) in [6, 6.07) is 10.2. The second-order valence-corrected chi connectivity index (χ2v) is 6.68. The Kier molecular flexibility index (Phi) is 3.45. The van der Waals surface area contributed by atoms with Crippen LogP contribution < -0.4 is 4.90 Å². The van der Waals surface area contributed by atoms with Crippen LogP contribution in [0.5, 0.6) is 0 Å². The molecule has 23 heavy (non-hydrogen) atoms. The van der Waals surface area contributed by atoms with Gasteiger partial charge in [-0.2, -0.15) is 0 Å². The topological polar surface area (TPSA) is 36.7 Å². The number of hydrogen-bond donors (Lipinski definition) is 0. The van der Waals surface area contributed by atoms with Gasteiger partial charge >= 0.3 is 0 Å². The Morgan fingerprint density at radius 2 is 2.13 bits per heavy atom. The number of hydrogen-bond acceptors (Lipinski definition) is 3. The Labute approximate surface area is 134 Å². The third kappa shape index (κ3) is 2.77. The number of amides is 1. The number of benzene rings is 1. The summed E-state index contributed by atoms with van der Waals surface area (Å²) < 4.78 is 18.8. The van der Waals surface area contributed by atoms with Gasteiger partial charge in [-0.05, 0) is 43.3 Å². The molecular weight excluding hydrogens is 295 g/mol. The van der Waals surface area contributed by atoms with Crippen molar-refractivity contribution >= 4 is 11.6 Å². The Morgan fingerprint density at radius 1 is 1.22 bits per heavy atom. The highest BCUT2D eigenvalue weighted by Gasteiger charge is 2.47. The third-order valence-electron chi connectivity index (χ3n) is 4.92. The zero-order chi connectivity index (χ0) is 15.9. The number of halogens is 1. The highest BCUT2D eigenvalue weighted by Crippen LogP contribution is 2.42. The van der Waals surface area contributed by atoms with Crippen molar-refractivity contribution in [1.82, 2.24) is 4.90 Å². The predicted molar refractivity (Wildman–Crippen MR) is 84.4 cm³/mol. The molecule has 1 spiro atoms. The van der Waals surface area contributed by atoms with Crippen LogP contribution in [0.25, 0.3) is 0 Å². The molecule has 2 aliphatic heterocycles. The van der Waals surface area contributed by atoms with Crippen molar-refractivity contribution in [3.05, 3.63) is 54.2 Å². The maximum absolute atomic E-state index is 13.4. The van der Waals surface area contributed by atoms with E-state index in [1.54, 1.807) is 23.3 Å². The number of carbonyl (C=O) groups excluding carboxylic acids is 1. The van der Waals surface area contributed by atoms with Gasteiger partial charge in [0.15, 0.2) is 0 Å². The van der Waals surface area contributed by atoms with E-state index in [1.807, 2.05) is 12.1 Å². The number of likely N-dealkylation sites (tertiary alicyclic amines) is 1. The highest BCUT2D eigenvalue weighted by atomic mass is 19.1. The van der Waals surface area contributed by atoms with Crippen LogP contribution in [-0.4, -0.2) is 30.4 Å². The molecule has 2 aliphatic rings. The SMILES string of the molecule is O=C1C[C@@]2(CCN(Cc3ccco3)C2)CN1c1cccc(F)c1. The van der Waals surface area contributed by atoms with Gasteiger partial charge in [0.2, 0.25) is 5.91 Å². The number of nitrogens with zero attached hydrogens (tertiary/aromatic N) is 2. The second-order valence-electron chi connectivity index (χ2n) is 6.68. The molecular formula is C18H19FN2O2. The molecule has 1 aromatic heterocycles. The van der Waals surface area contributed by atoms with Crippen LogP contribution in [0.1, 0.15) is 18.6 Å². The average Bonchev–Trinajstić information content (AvgIpc) is 3.22. The normalized spacial score (nSPS) is 24.9. The molecule has 0 radical (unpaired) electrons. The Morgan fingerprint density at radius 3 is 2.91 bits per heavy atom. The monoisotopic (exact) mass is 314 g/mol. The molecule has 2 saturated heterocycles. The summed E-state index contributed by atoms with van der Waals surface area (Å²) in [5.41, 5.74) is 0.645. The van der Waals surface area contributed by atoms with Crippen molar-refractivity contribution in [1.29, 1.82) is 0 Å². The molecule has 0 unspecified atom stereocenters.